The minimum Gasteiger partial charge on any atom is -0.427 e. The van der Waals surface area contributed by atoms with Crippen LogP contribution < -0.4 is 10.1 Å². The lowest BCUT2D eigenvalue weighted by Crippen LogP contribution is -2.23. The summed E-state index contributed by atoms with van der Waals surface area (Å²) in [6, 6.07) is 7.48. The molecule has 0 aliphatic heterocycles. The van der Waals surface area contributed by atoms with Crippen LogP contribution in [0.2, 0.25) is 0 Å². The van der Waals surface area contributed by atoms with Gasteiger partial charge in [0.25, 0.3) is 0 Å². The fourth-order valence-corrected chi connectivity index (χ4v) is 1.72. The molecule has 0 spiro atoms. The van der Waals surface area contributed by atoms with E-state index in [9.17, 15) is 9.59 Å². The molecule has 0 saturated carbocycles. The van der Waals surface area contributed by atoms with Crippen LogP contribution in [0.5, 0.6) is 5.75 Å². The molecule has 4 nitrogen and oxygen atoms in total. The Balaban J connectivity index is 2.24. The van der Waals surface area contributed by atoms with Gasteiger partial charge < -0.3 is 10.1 Å². The molecular formula is C16H23NO3. The molecule has 0 heterocycles. The van der Waals surface area contributed by atoms with E-state index in [1.807, 2.05) is 19.1 Å². The molecular weight excluding hydrogens is 254 g/mol. The number of aryl methyl sites for hydroxylation is 1. The maximum absolute atomic E-state index is 11.6. The lowest BCUT2D eigenvalue weighted by Gasteiger charge is -2.05. The van der Waals surface area contributed by atoms with Gasteiger partial charge in [0.1, 0.15) is 5.75 Å². The summed E-state index contributed by atoms with van der Waals surface area (Å²) in [4.78, 5) is 23.0. The van der Waals surface area contributed by atoms with Crippen molar-refractivity contribution in [1.29, 1.82) is 0 Å². The molecule has 1 amide bonds. The summed E-state index contributed by atoms with van der Waals surface area (Å²) in [6.45, 7) is 4.76. The van der Waals surface area contributed by atoms with Crippen LogP contribution in [0.1, 0.15) is 45.1 Å². The molecule has 0 aliphatic carbocycles. The van der Waals surface area contributed by atoms with Gasteiger partial charge in [-0.05, 0) is 37.0 Å². The van der Waals surface area contributed by atoms with Gasteiger partial charge in [0.05, 0.1) is 0 Å². The van der Waals surface area contributed by atoms with Gasteiger partial charge in [-0.2, -0.15) is 0 Å². The molecule has 0 fully saturated rings. The molecule has 0 aliphatic rings. The number of carbonyl (C=O) groups excluding carboxylic acids is 2. The molecule has 1 rings (SSSR count). The van der Waals surface area contributed by atoms with Crippen LogP contribution in [0.15, 0.2) is 24.3 Å². The van der Waals surface area contributed by atoms with Gasteiger partial charge in [-0.15, -0.1) is 0 Å². The number of esters is 1. The summed E-state index contributed by atoms with van der Waals surface area (Å²) in [5.74, 6) is 0.257. The van der Waals surface area contributed by atoms with Crippen LogP contribution in [0.25, 0.3) is 0 Å². The molecule has 0 aromatic heterocycles. The molecule has 1 aromatic rings. The summed E-state index contributed by atoms with van der Waals surface area (Å²) in [6.07, 6.45) is 3.02. The predicted octanol–water partition coefficient (Wildman–Crippen LogP) is 2.85. The molecule has 0 bridgehead atoms. The first kappa shape index (κ1) is 16.2. The lowest BCUT2D eigenvalue weighted by atomic mass is 10.2. The third-order valence-corrected chi connectivity index (χ3v) is 2.92. The topological polar surface area (TPSA) is 55.4 Å². The number of benzene rings is 1. The second-order valence-electron chi connectivity index (χ2n) is 4.68. The average molecular weight is 277 g/mol. The minimum absolute atomic E-state index is 0.00745. The summed E-state index contributed by atoms with van der Waals surface area (Å²) in [5.41, 5.74) is 1.21. The van der Waals surface area contributed by atoms with E-state index in [1.165, 1.54) is 5.56 Å². The number of hydrogen-bond donors (Lipinski definition) is 1. The van der Waals surface area contributed by atoms with Gasteiger partial charge in [-0.25, -0.2) is 0 Å². The second-order valence-corrected chi connectivity index (χ2v) is 4.68. The zero-order valence-electron chi connectivity index (χ0n) is 12.3. The predicted molar refractivity (Wildman–Crippen MR) is 78.6 cm³/mol. The standard InChI is InChI=1S/C16H23NO3/c1-3-12-17-15(18)6-5-7-16(19)20-14-10-8-13(4-2)9-11-14/h8-11H,3-7,12H2,1-2H3,(H,17,18). The highest BCUT2D eigenvalue weighted by molar-refractivity contribution is 5.77. The van der Waals surface area contributed by atoms with Crippen molar-refractivity contribution in [3.8, 4) is 5.75 Å². The van der Waals surface area contributed by atoms with E-state index >= 15 is 0 Å². The van der Waals surface area contributed by atoms with Crippen LogP contribution in [-0.4, -0.2) is 18.4 Å². The zero-order chi connectivity index (χ0) is 14.8. The molecule has 1 aromatic carbocycles. The number of hydrogen-bond acceptors (Lipinski definition) is 3. The van der Waals surface area contributed by atoms with Gasteiger partial charge >= 0.3 is 5.97 Å². The van der Waals surface area contributed by atoms with E-state index in [0.29, 0.717) is 25.1 Å². The van der Waals surface area contributed by atoms with E-state index in [4.69, 9.17) is 4.74 Å². The number of rotatable bonds is 8. The van der Waals surface area contributed by atoms with Crippen molar-refractivity contribution in [2.45, 2.75) is 46.0 Å². The van der Waals surface area contributed by atoms with E-state index < -0.39 is 0 Å². The third-order valence-electron chi connectivity index (χ3n) is 2.92. The minimum atomic E-state index is -0.294. The fourth-order valence-electron chi connectivity index (χ4n) is 1.72. The molecule has 0 atom stereocenters. The Morgan fingerprint density at radius 3 is 2.40 bits per heavy atom. The molecule has 0 saturated heterocycles. The van der Waals surface area contributed by atoms with Crippen molar-refractivity contribution in [2.24, 2.45) is 0 Å². The molecule has 20 heavy (non-hydrogen) atoms. The van der Waals surface area contributed by atoms with E-state index in [0.717, 1.165) is 12.8 Å². The van der Waals surface area contributed by atoms with E-state index in [-0.39, 0.29) is 18.3 Å². The van der Waals surface area contributed by atoms with Crippen molar-refractivity contribution in [3.05, 3.63) is 29.8 Å². The summed E-state index contributed by atoms with van der Waals surface area (Å²) in [5, 5.41) is 2.78. The maximum Gasteiger partial charge on any atom is 0.311 e. The summed E-state index contributed by atoms with van der Waals surface area (Å²) < 4.78 is 5.21. The first-order chi connectivity index (χ1) is 9.65. The van der Waals surface area contributed by atoms with Crippen LogP contribution in [0.3, 0.4) is 0 Å². The quantitative estimate of drug-likeness (QED) is 0.587. The first-order valence-corrected chi connectivity index (χ1v) is 7.22. The Bertz CT molecular complexity index is 426. The van der Waals surface area contributed by atoms with Gasteiger partial charge in [0.2, 0.25) is 5.91 Å². The number of amides is 1. The van der Waals surface area contributed by atoms with Crippen molar-refractivity contribution < 1.29 is 14.3 Å². The van der Waals surface area contributed by atoms with Gasteiger partial charge in [-0.3, -0.25) is 9.59 Å². The first-order valence-electron chi connectivity index (χ1n) is 7.22. The normalized spacial score (nSPS) is 10.1. The number of ether oxygens (including phenoxy) is 1. The number of nitrogens with one attached hydrogen (secondary N) is 1. The highest BCUT2D eigenvalue weighted by Crippen LogP contribution is 2.13. The monoisotopic (exact) mass is 277 g/mol. The van der Waals surface area contributed by atoms with E-state index in [2.05, 4.69) is 12.2 Å². The second kappa shape index (κ2) is 9.13. The van der Waals surface area contributed by atoms with Gasteiger partial charge in [0, 0.05) is 19.4 Å². The summed E-state index contributed by atoms with van der Waals surface area (Å²) in [7, 11) is 0. The Kier molecular flexibility index (Phi) is 7.40. The molecule has 0 unspecified atom stereocenters. The van der Waals surface area contributed by atoms with Gasteiger partial charge in [0.15, 0.2) is 0 Å². The SMILES string of the molecule is CCCNC(=O)CCCC(=O)Oc1ccc(CC)cc1. The number of carbonyl (C=O) groups is 2. The Labute approximate surface area is 120 Å². The molecule has 1 N–H and O–H groups in total. The van der Waals surface area contributed by atoms with Crippen molar-refractivity contribution in [3.63, 3.8) is 0 Å². The smallest absolute Gasteiger partial charge is 0.311 e. The fraction of sp³-hybridized carbons (Fsp3) is 0.500. The van der Waals surface area contributed by atoms with Crippen molar-refractivity contribution in [2.75, 3.05) is 6.54 Å². The van der Waals surface area contributed by atoms with E-state index in [1.54, 1.807) is 12.1 Å². The third kappa shape index (κ3) is 6.36. The zero-order valence-corrected chi connectivity index (χ0v) is 12.3. The Morgan fingerprint density at radius 1 is 1.10 bits per heavy atom. The van der Waals surface area contributed by atoms with Crippen LogP contribution in [0, 0.1) is 0 Å². The molecule has 4 heteroatoms. The highest BCUT2D eigenvalue weighted by Gasteiger charge is 2.07. The molecule has 0 radical (unpaired) electrons. The van der Waals surface area contributed by atoms with Gasteiger partial charge in [-0.1, -0.05) is 26.0 Å². The Hall–Kier alpha value is -1.84. The molecule has 110 valence electrons. The lowest BCUT2D eigenvalue weighted by molar-refractivity contribution is -0.134. The maximum atomic E-state index is 11.6. The van der Waals surface area contributed by atoms with Crippen molar-refractivity contribution >= 4 is 11.9 Å². The van der Waals surface area contributed by atoms with Crippen molar-refractivity contribution in [1.82, 2.24) is 5.32 Å². The van der Waals surface area contributed by atoms with Crippen LogP contribution in [-0.2, 0) is 16.0 Å². The van der Waals surface area contributed by atoms with Crippen LogP contribution in [0.4, 0.5) is 0 Å². The average Bonchev–Trinajstić information content (AvgIpc) is 2.46. The highest BCUT2D eigenvalue weighted by atomic mass is 16.5. The van der Waals surface area contributed by atoms with Crippen LogP contribution >= 0.6 is 0 Å². The largest absolute Gasteiger partial charge is 0.427 e. The summed E-state index contributed by atoms with van der Waals surface area (Å²) >= 11 is 0. The Morgan fingerprint density at radius 2 is 1.80 bits per heavy atom.